The van der Waals surface area contributed by atoms with Gasteiger partial charge < -0.3 is 0 Å². The van der Waals surface area contributed by atoms with Crippen molar-refractivity contribution in [2.45, 2.75) is 65.2 Å². The molecule has 0 aromatic heterocycles. The maximum atomic E-state index is 2.27. The molecule has 0 unspecified atom stereocenters. The first-order chi connectivity index (χ1) is 4.91. The minimum Gasteiger partial charge on any atom is -0.0654 e. The van der Waals surface area contributed by atoms with Gasteiger partial charge in [0.2, 0.25) is 0 Å². The van der Waals surface area contributed by atoms with Crippen molar-refractivity contribution in [1.29, 1.82) is 0 Å². The van der Waals surface area contributed by atoms with Gasteiger partial charge >= 0.3 is 0 Å². The molecule has 0 saturated heterocycles. The molecule has 0 atom stereocenters. The van der Waals surface area contributed by atoms with E-state index in [4.69, 9.17) is 0 Å². The second-order valence-corrected chi connectivity index (χ2v) is 3.12. The van der Waals surface area contributed by atoms with Gasteiger partial charge in [-0.1, -0.05) is 65.2 Å². The molecule has 0 fully saturated rings. The predicted octanol–water partition coefficient (Wildman–Crippen LogP) is 3.39. The Balaban J connectivity index is -0.000000405. The molecule has 0 spiro atoms. The van der Waals surface area contributed by atoms with Gasteiger partial charge in [0.1, 0.15) is 0 Å². The number of hydrogen-bond donors (Lipinski definition) is 0. The standard InChI is InChI=1S/C10H22.2Na/c1-3-5-7-9-10-8-6-4-2;;/h3-10H2,1-2H3;;. The Morgan fingerprint density at radius 1 is 0.500 bits per heavy atom. The van der Waals surface area contributed by atoms with Crippen LogP contribution in [0.4, 0.5) is 0 Å². The fourth-order valence-corrected chi connectivity index (χ4v) is 1.21. The van der Waals surface area contributed by atoms with E-state index in [0.717, 1.165) is 0 Å². The van der Waals surface area contributed by atoms with Crippen molar-refractivity contribution in [3.05, 3.63) is 0 Å². The molecular weight excluding hydrogens is 166 g/mol. The van der Waals surface area contributed by atoms with Crippen LogP contribution in [-0.2, 0) is 0 Å². The molecule has 12 heavy (non-hydrogen) atoms. The van der Waals surface area contributed by atoms with E-state index in [1.165, 1.54) is 51.4 Å². The molecule has 0 aromatic carbocycles. The zero-order valence-corrected chi connectivity index (χ0v) is 13.7. The normalized spacial score (nSPS) is 8.50. The third kappa shape index (κ3) is 17.9. The fraction of sp³-hybridized carbons (Fsp3) is 1.00. The van der Waals surface area contributed by atoms with Crippen LogP contribution in [0.15, 0.2) is 0 Å². The summed E-state index contributed by atoms with van der Waals surface area (Å²) in [6, 6.07) is 0. The van der Waals surface area contributed by atoms with Gasteiger partial charge in [-0.25, -0.2) is 0 Å². The zero-order chi connectivity index (χ0) is 7.66. The van der Waals surface area contributed by atoms with Crippen LogP contribution in [0.1, 0.15) is 65.2 Å². The summed E-state index contributed by atoms with van der Waals surface area (Å²) >= 11 is 0. The Bertz CT molecular complexity index is 47.8. The molecule has 0 aliphatic carbocycles. The Hall–Kier alpha value is 2.00. The molecule has 0 aromatic rings. The van der Waals surface area contributed by atoms with Crippen molar-refractivity contribution in [1.82, 2.24) is 0 Å². The monoisotopic (exact) mass is 188 g/mol. The van der Waals surface area contributed by atoms with Gasteiger partial charge in [0.05, 0.1) is 0 Å². The molecule has 2 heteroatoms. The smallest absolute Gasteiger partial charge is 0 e. The average molecular weight is 188 g/mol. The van der Waals surface area contributed by atoms with E-state index in [1.54, 1.807) is 0 Å². The first-order valence-electron chi connectivity index (χ1n) is 4.91. The maximum Gasteiger partial charge on any atom is 0 e. The van der Waals surface area contributed by atoms with E-state index in [9.17, 15) is 0 Å². The zero-order valence-electron chi connectivity index (χ0n) is 9.66. The van der Waals surface area contributed by atoms with Crippen LogP contribution in [0.3, 0.4) is 0 Å². The second kappa shape index (κ2) is 18.7. The maximum absolute atomic E-state index is 2.27. The summed E-state index contributed by atoms with van der Waals surface area (Å²) in [5.41, 5.74) is 0. The first kappa shape index (κ1) is 19.6. The molecule has 2 radical (unpaired) electrons. The molecule has 0 amide bonds. The van der Waals surface area contributed by atoms with Crippen molar-refractivity contribution in [3.63, 3.8) is 0 Å². The molecule has 0 N–H and O–H groups in total. The van der Waals surface area contributed by atoms with Gasteiger partial charge in [0.15, 0.2) is 0 Å². The third-order valence-electron chi connectivity index (χ3n) is 1.96. The molecule has 0 rings (SSSR count). The van der Waals surface area contributed by atoms with E-state index < -0.39 is 0 Å². The quantitative estimate of drug-likeness (QED) is 0.424. The molecule has 0 heterocycles. The Morgan fingerprint density at radius 3 is 1.00 bits per heavy atom. The van der Waals surface area contributed by atoms with Crippen molar-refractivity contribution >= 4 is 59.1 Å². The SMILES string of the molecule is CCCCCCCCCC.[Na].[Na]. The van der Waals surface area contributed by atoms with Crippen molar-refractivity contribution in [2.24, 2.45) is 0 Å². The van der Waals surface area contributed by atoms with Crippen molar-refractivity contribution < 1.29 is 0 Å². The summed E-state index contributed by atoms with van der Waals surface area (Å²) in [5, 5.41) is 0. The summed E-state index contributed by atoms with van der Waals surface area (Å²) in [7, 11) is 0. The van der Waals surface area contributed by atoms with E-state index in [-0.39, 0.29) is 59.1 Å². The van der Waals surface area contributed by atoms with E-state index in [0.29, 0.717) is 0 Å². The fourth-order valence-electron chi connectivity index (χ4n) is 1.21. The number of rotatable bonds is 7. The predicted molar refractivity (Wildman–Crippen MR) is 59.8 cm³/mol. The Kier molecular flexibility index (Phi) is 30.5. The molecule has 0 aliphatic heterocycles. The Labute approximate surface area is 123 Å². The van der Waals surface area contributed by atoms with E-state index in [2.05, 4.69) is 13.8 Å². The van der Waals surface area contributed by atoms with Crippen molar-refractivity contribution in [3.8, 4) is 0 Å². The molecular formula is C10H22Na2. The summed E-state index contributed by atoms with van der Waals surface area (Å²) < 4.78 is 0. The van der Waals surface area contributed by atoms with E-state index in [1.807, 2.05) is 0 Å². The molecule has 0 saturated carbocycles. The number of unbranched alkanes of at least 4 members (excludes halogenated alkanes) is 7. The van der Waals surface area contributed by atoms with Crippen LogP contribution in [-0.4, -0.2) is 59.1 Å². The summed E-state index contributed by atoms with van der Waals surface area (Å²) in [5.74, 6) is 0. The van der Waals surface area contributed by atoms with E-state index >= 15 is 0 Å². The van der Waals surface area contributed by atoms with Crippen LogP contribution in [0.2, 0.25) is 0 Å². The molecule has 0 bridgehead atoms. The molecule has 0 nitrogen and oxygen atoms in total. The Morgan fingerprint density at radius 2 is 0.750 bits per heavy atom. The molecule has 0 aliphatic rings. The van der Waals surface area contributed by atoms with Crippen LogP contribution < -0.4 is 0 Å². The minimum atomic E-state index is 0. The minimum absolute atomic E-state index is 0. The topological polar surface area (TPSA) is 0 Å². The average Bonchev–Trinajstić information content (AvgIpc) is 1.97. The summed E-state index contributed by atoms with van der Waals surface area (Å²) in [6.45, 7) is 4.54. The van der Waals surface area contributed by atoms with Crippen LogP contribution >= 0.6 is 0 Å². The summed E-state index contributed by atoms with van der Waals surface area (Å²) in [6.07, 6.45) is 11.5. The van der Waals surface area contributed by atoms with Gasteiger partial charge in [0.25, 0.3) is 0 Å². The van der Waals surface area contributed by atoms with Gasteiger partial charge in [-0.15, -0.1) is 0 Å². The van der Waals surface area contributed by atoms with Crippen LogP contribution in [0.5, 0.6) is 0 Å². The van der Waals surface area contributed by atoms with Gasteiger partial charge in [-0.3, -0.25) is 0 Å². The second-order valence-electron chi connectivity index (χ2n) is 3.12. The van der Waals surface area contributed by atoms with Gasteiger partial charge in [0, 0.05) is 59.1 Å². The van der Waals surface area contributed by atoms with Gasteiger partial charge in [-0.05, 0) is 0 Å². The van der Waals surface area contributed by atoms with Crippen LogP contribution in [0, 0.1) is 0 Å². The number of hydrogen-bond acceptors (Lipinski definition) is 0. The van der Waals surface area contributed by atoms with Gasteiger partial charge in [-0.2, -0.15) is 0 Å². The molecule has 64 valence electrons. The largest absolute Gasteiger partial charge is 0.0654 e. The third-order valence-corrected chi connectivity index (χ3v) is 1.96. The first-order valence-corrected chi connectivity index (χ1v) is 4.91. The van der Waals surface area contributed by atoms with Crippen molar-refractivity contribution in [2.75, 3.05) is 0 Å². The van der Waals surface area contributed by atoms with Crippen LogP contribution in [0.25, 0.3) is 0 Å². The summed E-state index contributed by atoms with van der Waals surface area (Å²) in [4.78, 5) is 0.